The van der Waals surface area contributed by atoms with Crippen molar-refractivity contribution in [3.63, 3.8) is 0 Å². The fourth-order valence-electron chi connectivity index (χ4n) is 3.67. The second kappa shape index (κ2) is 7.09. The van der Waals surface area contributed by atoms with Gasteiger partial charge in [0.25, 0.3) is 5.56 Å². The molecule has 3 aromatic rings. The maximum atomic E-state index is 11.5. The Hall–Kier alpha value is -2.61. The third-order valence-electron chi connectivity index (χ3n) is 5.41. The first-order valence-corrected chi connectivity index (χ1v) is 9.80. The minimum absolute atomic E-state index is 0.0120. The van der Waals surface area contributed by atoms with Gasteiger partial charge in [0.15, 0.2) is 11.5 Å². The van der Waals surface area contributed by atoms with Crippen molar-refractivity contribution in [1.29, 1.82) is 0 Å². The summed E-state index contributed by atoms with van der Waals surface area (Å²) in [5.74, 6) is 1.31. The minimum Gasteiger partial charge on any atom is -0.297 e. The molecule has 0 aliphatic carbocycles. The van der Waals surface area contributed by atoms with E-state index in [2.05, 4.69) is 41.0 Å². The van der Waals surface area contributed by atoms with Crippen LogP contribution in [0.15, 0.2) is 29.1 Å². The average Bonchev–Trinajstić information content (AvgIpc) is 3.08. The van der Waals surface area contributed by atoms with Crippen molar-refractivity contribution >= 4 is 5.65 Å². The van der Waals surface area contributed by atoms with Crippen LogP contribution >= 0.6 is 0 Å². The van der Waals surface area contributed by atoms with E-state index in [0.717, 1.165) is 55.3 Å². The summed E-state index contributed by atoms with van der Waals surface area (Å²) in [6.07, 6.45) is 2.02. The number of aromatic nitrogens is 6. The molecule has 1 fully saturated rings. The number of piperidine rings is 1. The molecule has 0 unspecified atom stereocenters. The molecule has 0 radical (unpaired) electrons. The summed E-state index contributed by atoms with van der Waals surface area (Å²) >= 11 is 0. The van der Waals surface area contributed by atoms with Gasteiger partial charge in [-0.15, -0.1) is 10.2 Å². The summed E-state index contributed by atoms with van der Waals surface area (Å²) < 4.78 is 3.32. The van der Waals surface area contributed by atoms with Crippen molar-refractivity contribution in [3.05, 3.63) is 51.8 Å². The topological polar surface area (TPSA) is 81.2 Å². The predicted molar refractivity (Wildman–Crippen MR) is 106 cm³/mol. The Bertz CT molecular complexity index is 1040. The van der Waals surface area contributed by atoms with Gasteiger partial charge in [-0.25, -0.2) is 4.68 Å². The summed E-state index contributed by atoms with van der Waals surface area (Å²) in [5, 5.41) is 17.9. The van der Waals surface area contributed by atoms with Crippen LogP contribution in [0, 0.1) is 0 Å². The first kappa shape index (κ1) is 18.7. The summed E-state index contributed by atoms with van der Waals surface area (Å²) in [6.45, 7) is 9.17. The van der Waals surface area contributed by atoms with E-state index in [1.807, 2.05) is 22.7 Å². The maximum Gasteiger partial charge on any atom is 0.266 e. The Labute approximate surface area is 164 Å². The van der Waals surface area contributed by atoms with Crippen LogP contribution < -0.4 is 5.56 Å². The van der Waals surface area contributed by atoms with Gasteiger partial charge >= 0.3 is 0 Å². The molecule has 4 heterocycles. The van der Waals surface area contributed by atoms with Gasteiger partial charge in [-0.1, -0.05) is 20.8 Å². The monoisotopic (exact) mass is 381 g/mol. The Morgan fingerprint density at radius 2 is 1.79 bits per heavy atom. The first-order valence-electron chi connectivity index (χ1n) is 9.80. The molecular weight excluding hydrogens is 354 g/mol. The van der Waals surface area contributed by atoms with E-state index < -0.39 is 0 Å². The first-order chi connectivity index (χ1) is 13.3. The molecule has 0 spiro atoms. The molecule has 1 aliphatic rings. The maximum absolute atomic E-state index is 11.5. The highest BCUT2D eigenvalue weighted by Gasteiger charge is 2.26. The van der Waals surface area contributed by atoms with Crippen LogP contribution in [-0.2, 0) is 19.0 Å². The zero-order valence-corrected chi connectivity index (χ0v) is 17.0. The molecule has 148 valence electrons. The minimum atomic E-state index is -0.0803. The van der Waals surface area contributed by atoms with Gasteiger partial charge in [0.2, 0.25) is 0 Å². The van der Waals surface area contributed by atoms with E-state index >= 15 is 0 Å². The number of hydrogen-bond donors (Lipinski definition) is 0. The third kappa shape index (κ3) is 3.69. The molecule has 1 saturated heterocycles. The molecule has 8 nitrogen and oxygen atoms in total. The summed E-state index contributed by atoms with van der Waals surface area (Å²) in [7, 11) is 1.69. The normalized spacial score (nSPS) is 16.7. The molecule has 0 saturated carbocycles. The van der Waals surface area contributed by atoms with Crippen molar-refractivity contribution in [2.45, 2.75) is 51.5 Å². The standard InChI is InChI=1S/C20H27N7O/c1-20(2,3)16-6-7-17-21-22-19(27(17)24-16)14-9-11-26(12-10-14)13-15-5-8-18(28)25(4)23-15/h5-8,14H,9-13H2,1-4H3. The van der Waals surface area contributed by atoms with Crippen LogP contribution in [-0.4, -0.2) is 47.6 Å². The molecule has 0 atom stereocenters. The van der Waals surface area contributed by atoms with Crippen LogP contribution in [0.1, 0.15) is 56.7 Å². The molecule has 28 heavy (non-hydrogen) atoms. The van der Waals surface area contributed by atoms with Crippen LogP contribution in [0.5, 0.6) is 0 Å². The van der Waals surface area contributed by atoms with Gasteiger partial charge in [-0.05, 0) is 44.1 Å². The lowest BCUT2D eigenvalue weighted by atomic mass is 9.92. The number of likely N-dealkylation sites (tertiary alicyclic amines) is 1. The predicted octanol–water partition coefficient (Wildman–Crippen LogP) is 1.90. The molecule has 0 N–H and O–H groups in total. The lowest BCUT2D eigenvalue weighted by molar-refractivity contribution is 0.197. The Morgan fingerprint density at radius 1 is 1.04 bits per heavy atom. The number of fused-ring (bicyclic) bond motifs is 1. The van der Waals surface area contributed by atoms with Crippen molar-refractivity contribution in [3.8, 4) is 0 Å². The molecule has 3 aromatic heterocycles. The van der Waals surface area contributed by atoms with E-state index in [-0.39, 0.29) is 11.0 Å². The second-order valence-electron chi connectivity index (χ2n) is 8.63. The highest BCUT2D eigenvalue weighted by Crippen LogP contribution is 2.28. The fourth-order valence-corrected chi connectivity index (χ4v) is 3.67. The fraction of sp³-hybridized carbons (Fsp3) is 0.550. The van der Waals surface area contributed by atoms with E-state index in [0.29, 0.717) is 5.92 Å². The highest BCUT2D eigenvalue weighted by molar-refractivity contribution is 5.37. The lowest BCUT2D eigenvalue weighted by Crippen LogP contribution is -2.34. The number of aryl methyl sites for hydroxylation is 1. The van der Waals surface area contributed by atoms with Crippen LogP contribution in [0.3, 0.4) is 0 Å². The molecule has 0 amide bonds. The average molecular weight is 381 g/mol. The van der Waals surface area contributed by atoms with Crippen molar-refractivity contribution < 1.29 is 0 Å². The second-order valence-corrected chi connectivity index (χ2v) is 8.63. The molecule has 4 rings (SSSR count). The number of hydrogen-bond acceptors (Lipinski definition) is 6. The van der Waals surface area contributed by atoms with E-state index in [1.54, 1.807) is 13.1 Å². The quantitative estimate of drug-likeness (QED) is 0.689. The third-order valence-corrected chi connectivity index (χ3v) is 5.41. The molecule has 0 aromatic carbocycles. The largest absolute Gasteiger partial charge is 0.297 e. The molecule has 8 heteroatoms. The van der Waals surface area contributed by atoms with E-state index in [9.17, 15) is 4.79 Å². The molecule has 1 aliphatic heterocycles. The van der Waals surface area contributed by atoms with E-state index in [4.69, 9.17) is 5.10 Å². The highest BCUT2D eigenvalue weighted by atomic mass is 16.1. The van der Waals surface area contributed by atoms with Gasteiger partial charge in [0.1, 0.15) is 0 Å². The summed E-state index contributed by atoms with van der Waals surface area (Å²) in [6, 6.07) is 7.44. The number of nitrogens with zero attached hydrogens (tertiary/aromatic N) is 7. The van der Waals surface area contributed by atoms with Gasteiger partial charge in [0, 0.05) is 31.0 Å². The Morgan fingerprint density at radius 3 is 2.46 bits per heavy atom. The van der Waals surface area contributed by atoms with Gasteiger partial charge in [0.05, 0.1) is 11.4 Å². The van der Waals surface area contributed by atoms with Gasteiger partial charge in [-0.3, -0.25) is 9.69 Å². The smallest absolute Gasteiger partial charge is 0.266 e. The Balaban J connectivity index is 1.47. The number of rotatable bonds is 3. The molecule has 0 bridgehead atoms. The van der Waals surface area contributed by atoms with E-state index in [1.165, 1.54) is 4.68 Å². The van der Waals surface area contributed by atoms with Crippen LogP contribution in [0.4, 0.5) is 0 Å². The van der Waals surface area contributed by atoms with Crippen molar-refractivity contribution in [2.75, 3.05) is 13.1 Å². The molecular formula is C20H27N7O. The van der Waals surface area contributed by atoms with Crippen molar-refractivity contribution in [2.24, 2.45) is 7.05 Å². The zero-order valence-electron chi connectivity index (χ0n) is 17.0. The Kier molecular flexibility index (Phi) is 4.74. The van der Waals surface area contributed by atoms with Crippen LogP contribution in [0.2, 0.25) is 0 Å². The van der Waals surface area contributed by atoms with Crippen molar-refractivity contribution in [1.82, 2.24) is 34.5 Å². The van der Waals surface area contributed by atoms with Crippen LogP contribution in [0.25, 0.3) is 5.65 Å². The lowest BCUT2D eigenvalue weighted by Gasteiger charge is -2.30. The van der Waals surface area contributed by atoms with Gasteiger partial charge in [-0.2, -0.15) is 14.7 Å². The van der Waals surface area contributed by atoms with Gasteiger partial charge < -0.3 is 0 Å². The SMILES string of the molecule is Cn1nc(CN2CCC(c3nnc4ccc(C(C)(C)C)nn34)CC2)ccc1=O. The summed E-state index contributed by atoms with van der Waals surface area (Å²) in [4.78, 5) is 13.9. The zero-order chi connectivity index (χ0) is 19.9. The summed E-state index contributed by atoms with van der Waals surface area (Å²) in [5.41, 5.74) is 2.68.